The molecule has 0 amide bonds. The maximum Gasteiger partial charge on any atom is 1.00 e. The van der Waals surface area contributed by atoms with Crippen LogP contribution in [0.3, 0.4) is 0 Å². The number of ether oxygens (including phenoxy) is 1. The van der Waals surface area contributed by atoms with Gasteiger partial charge in [0.05, 0.1) is 47.1 Å². The number of thiazole rings is 1. The van der Waals surface area contributed by atoms with Crippen LogP contribution in [0.5, 0.6) is 0 Å². The molecule has 168 valence electrons. The first-order valence-electron chi connectivity index (χ1n) is 8.59. The number of fused-ring (bicyclic) bond motifs is 1. The van der Waals surface area contributed by atoms with Gasteiger partial charge in [-0.05, 0) is 37.5 Å². The van der Waals surface area contributed by atoms with Gasteiger partial charge in [0.2, 0.25) is 14.2 Å². The van der Waals surface area contributed by atoms with E-state index in [-0.39, 0.29) is 83.0 Å². The zero-order valence-electron chi connectivity index (χ0n) is 17.5. The normalized spacial score (nSPS) is 22.0. The van der Waals surface area contributed by atoms with Gasteiger partial charge in [0, 0.05) is 11.9 Å². The SMILES string of the molecule is CS(=O)(=O)c1nc2ccc(NCOC3CC(S(=O)(=O)[O-])CC(S(=O)(=O)[O-])C3)cc2s1.[Na+].[Na+]. The average molecular weight is 545 g/mol. The minimum atomic E-state index is -4.77. The van der Waals surface area contributed by atoms with Gasteiger partial charge in [0.25, 0.3) is 0 Å². The Morgan fingerprint density at radius 1 is 1.03 bits per heavy atom. The zero-order chi connectivity index (χ0) is 22.3. The number of aromatic nitrogens is 1. The van der Waals surface area contributed by atoms with Gasteiger partial charge in [-0.1, -0.05) is 0 Å². The van der Waals surface area contributed by atoms with E-state index in [2.05, 4.69) is 10.3 Å². The van der Waals surface area contributed by atoms with Crippen molar-refractivity contribution >= 4 is 57.3 Å². The first-order chi connectivity index (χ1) is 13.7. The van der Waals surface area contributed by atoms with E-state index in [9.17, 15) is 34.4 Å². The minimum Gasteiger partial charge on any atom is -0.748 e. The molecule has 17 heteroatoms. The molecule has 0 radical (unpaired) electrons. The van der Waals surface area contributed by atoms with Gasteiger partial charge in [-0.15, -0.1) is 11.3 Å². The van der Waals surface area contributed by atoms with Crippen LogP contribution in [0.1, 0.15) is 19.3 Å². The number of nitrogens with one attached hydrogen (secondary N) is 1. The second kappa shape index (κ2) is 11.6. The Morgan fingerprint density at radius 3 is 2.09 bits per heavy atom. The molecule has 0 saturated heterocycles. The Hall–Kier alpha value is 0.640. The fraction of sp³-hybridized carbons (Fsp3) is 0.533. The topological polar surface area (TPSA) is 183 Å². The molecule has 1 heterocycles. The molecular formula is C15H18N2Na2O9S4. The molecule has 2 atom stereocenters. The third-order valence-corrected chi connectivity index (χ3v) is 9.77. The van der Waals surface area contributed by atoms with Gasteiger partial charge in [0.15, 0.2) is 0 Å². The van der Waals surface area contributed by atoms with Crippen LogP contribution < -0.4 is 64.4 Å². The van der Waals surface area contributed by atoms with Crippen molar-refractivity contribution in [3.05, 3.63) is 18.2 Å². The summed E-state index contributed by atoms with van der Waals surface area (Å²) in [6.45, 7) is -0.148. The molecule has 2 aromatic rings. The molecule has 1 fully saturated rings. The third kappa shape index (κ3) is 8.10. The zero-order valence-corrected chi connectivity index (χ0v) is 24.8. The third-order valence-electron chi connectivity index (χ3n) is 4.68. The summed E-state index contributed by atoms with van der Waals surface area (Å²) in [7, 11) is -13.0. The Labute approximate surface area is 234 Å². The molecule has 0 aliphatic heterocycles. The van der Waals surface area contributed by atoms with Crippen LogP contribution >= 0.6 is 11.3 Å². The summed E-state index contributed by atoms with van der Waals surface area (Å²) < 4.78 is 97.3. The van der Waals surface area contributed by atoms with E-state index in [1.165, 1.54) is 0 Å². The first kappa shape index (κ1) is 30.7. The van der Waals surface area contributed by atoms with Crippen molar-refractivity contribution < 1.29 is 98.2 Å². The fourth-order valence-electron chi connectivity index (χ4n) is 3.19. The second-order valence-corrected chi connectivity index (χ2v) is 13.5. The van der Waals surface area contributed by atoms with E-state index in [4.69, 9.17) is 4.74 Å². The average Bonchev–Trinajstić information content (AvgIpc) is 3.04. The van der Waals surface area contributed by atoms with E-state index in [1.807, 2.05) is 0 Å². The fourth-order valence-corrected chi connectivity index (χ4v) is 7.02. The summed E-state index contributed by atoms with van der Waals surface area (Å²) in [4.78, 5) is 4.04. The van der Waals surface area contributed by atoms with Gasteiger partial charge in [0.1, 0.15) is 6.73 Å². The molecular weight excluding hydrogens is 526 g/mol. The Bertz CT molecular complexity index is 1220. The molecule has 32 heavy (non-hydrogen) atoms. The van der Waals surface area contributed by atoms with Crippen molar-refractivity contribution in [3.63, 3.8) is 0 Å². The van der Waals surface area contributed by atoms with Crippen molar-refractivity contribution in [2.24, 2.45) is 0 Å². The molecule has 11 nitrogen and oxygen atoms in total. The van der Waals surface area contributed by atoms with Gasteiger partial charge < -0.3 is 19.2 Å². The van der Waals surface area contributed by atoms with E-state index < -0.39 is 53.1 Å². The molecule has 1 aromatic carbocycles. The Kier molecular flexibility index (Phi) is 11.1. The van der Waals surface area contributed by atoms with Crippen LogP contribution in [0.25, 0.3) is 10.2 Å². The predicted octanol–water partition coefficient (Wildman–Crippen LogP) is -5.53. The Balaban J connectivity index is 0.00000256. The van der Waals surface area contributed by atoms with E-state index >= 15 is 0 Å². The maximum atomic E-state index is 11.6. The van der Waals surface area contributed by atoms with Crippen molar-refractivity contribution in [1.82, 2.24) is 4.98 Å². The number of rotatable bonds is 7. The van der Waals surface area contributed by atoms with Crippen LogP contribution in [0, 0.1) is 0 Å². The smallest absolute Gasteiger partial charge is 0.748 e. The van der Waals surface area contributed by atoms with Gasteiger partial charge in [-0.25, -0.2) is 30.2 Å². The molecule has 1 aliphatic carbocycles. The quantitative estimate of drug-likeness (QED) is 0.199. The summed E-state index contributed by atoms with van der Waals surface area (Å²) >= 11 is 1.00. The van der Waals surface area contributed by atoms with Crippen LogP contribution in [0.15, 0.2) is 22.5 Å². The number of hydrogen-bond acceptors (Lipinski definition) is 12. The van der Waals surface area contributed by atoms with E-state index in [0.717, 1.165) is 17.6 Å². The monoisotopic (exact) mass is 544 g/mol. The number of anilines is 1. The molecule has 1 saturated carbocycles. The summed E-state index contributed by atoms with van der Waals surface area (Å²) in [6, 6.07) is 4.90. The number of hydrogen-bond donors (Lipinski definition) is 1. The minimum absolute atomic E-state index is 0. The second-order valence-electron chi connectivity index (χ2n) is 6.98. The van der Waals surface area contributed by atoms with E-state index in [0.29, 0.717) is 15.9 Å². The van der Waals surface area contributed by atoms with E-state index in [1.54, 1.807) is 18.2 Å². The summed E-state index contributed by atoms with van der Waals surface area (Å²) in [6.07, 6.45) is -0.781. The van der Waals surface area contributed by atoms with Crippen molar-refractivity contribution in [1.29, 1.82) is 0 Å². The van der Waals surface area contributed by atoms with Crippen molar-refractivity contribution in [2.75, 3.05) is 18.3 Å². The van der Waals surface area contributed by atoms with Crippen LogP contribution in [0.4, 0.5) is 5.69 Å². The van der Waals surface area contributed by atoms with Gasteiger partial charge >= 0.3 is 59.1 Å². The largest absolute Gasteiger partial charge is 1.00 e. The summed E-state index contributed by atoms with van der Waals surface area (Å²) in [5.74, 6) is 0. The van der Waals surface area contributed by atoms with Crippen molar-refractivity contribution in [3.8, 4) is 0 Å². The van der Waals surface area contributed by atoms with Crippen LogP contribution in [0.2, 0.25) is 0 Å². The predicted molar refractivity (Wildman–Crippen MR) is 107 cm³/mol. The molecule has 1 aromatic heterocycles. The standard InChI is InChI=1S/C15H20N2O9S4.2Na/c1-28(18,19)15-17-13-3-2-9(4-14(13)27-15)16-8-26-10-5-11(29(20,21)22)7-12(6-10)30(23,24)25;;/h2-4,10-12,16H,5-8H2,1H3,(H,20,21,22)(H,23,24,25);;/q;2*+1/p-2. The maximum absolute atomic E-state index is 11.6. The first-order valence-corrected chi connectivity index (χ1v) is 14.2. The number of sulfone groups is 1. The summed E-state index contributed by atoms with van der Waals surface area (Å²) in [5, 5.41) is -0.122. The molecule has 0 bridgehead atoms. The number of benzene rings is 1. The van der Waals surface area contributed by atoms with Crippen LogP contribution in [-0.2, 0) is 34.8 Å². The molecule has 2 unspecified atom stereocenters. The summed E-state index contributed by atoms with van der Waals surface area (Å²) in [5.41, 5.74) is 1.06. The van der Waals surface area contributed by atoms with Gasteiger partial charge in [-0.2, -0.15) is 0 Å². The molecule has 1 N–H and O–H groups in total. The van der Waals surface area contributed by atoms with Crippen molar-refractivity contribution in [2.45, 2.75) is 40.2 Å². The Morgan fingerprint density at radius 2 is 1.59 bits per heavy atom. The molecule has 1 aliphatic rings. The number of nitrogens with zero attached hydrogens (tertiary/aromatic N) is 1. The molecule has 0 spiro atoms. The van der Waals surface area contributed by atoms with Gasteiger partial charge in [-0.3, -0.25) is 0 Å². The van der Waals surface area contributed by atoms with Crippen LogP contribution in [-0.4, -0.2) is 68.9 Å². The molecule has 3 rings (SSSR count).